The molecule has 0 aliphatic rings. The molecule has 0 amide bonds. The Morgan fingerprint density at radius 1 is 1.58 bits per heavy atom. The SMILES string of the molecule is CC/C=C\COCC/C(N)=N\O. The summed E-state index contributed by atoms with van der Waals surface area (Å²) in [4.78, 5) is 0. The summed E-state index contributed by atoms with van der Waals surface area (Å²) in [6, 6.07) is 0. The van der Waals surface area contributed by atoms with Gasteiger partial charge in [-0.3, -0.25) is 0 Å². The topological polar surface area (TPSA) is 67.8 Å². The molecule has 0 spiro atoms. The number of nitrogens with zero attached hydrogens (tertiary/aromatic N) is 1. The molecule has 4 heteroatoms. The van der Waals surface area contributed by atoms with E-state index in [4.69, 9.17) is 15.7 Å². The maximum Gasteiger partial charge on any atom is 0.141 e. The number of oxime groups is 1. The van der Waals surface area contributed by atoms with E-state index in [1.807, 2.05) is 12.2 Å². The molecule has 0 aromatic carbocycles. The van der Waals surface area contributed by atoms with Crippen molar-refractivity contribution in [2.24, 2.45) is 10.9 Å². The van der Waals surface area contributed by atoms with Gasteiger partial charge in [0.15, 0.2) is 0 Å². The molecule has 0 aliphatic heterocycles. The molecule has 0 aliphatic carbocycles. The lowest BCUT2D eigenvalue weighted by molar-refractivity contribution is 0.169. The van der Waals surface area contributed by atoms with Crippen molar-refractivity contribution in [3.63, 3.8) is 0 Å². The number of allylic oxidation sites excluding steroid dienone is 1. The number of nitrogens with two attached hydrogens (primary N) is 1. The maximum atomic E-state index is 8.17. The van der Waals surface area contributed by atoms with Crippen molar-refractivity contribution in [1.29, 1.82) is 0 Å². The number of amidine groups is 1. The lowest BCUT2D eigenvalue weighted by Crippen LogP contribution is -2.14. The van der Waals surface area contributed by atoms with Gasteiger partial charge in [0.2, 0.25) is 0 Å². The van der Waals surface area contributed by atoms with Gasteiger partial charge < -0.3 is 15.7 Å². The Morgan fingerprint density at radius 2 is 2.33 bits per heavy atom. The van der Waals surface area contributed by atoms with Crippen molar-refractivity contribution in [2.45, 2.75) is 19.8 Å². The van der Waals surface area contributed by atoms with Crippen molar-refractivity contribution in [2.75, 3.05) is 13.2 Å². The van der Waals surface area contributed by atoms with Gasteiger partial charge in [-0.2, -0.15) is 0 Å². The molecule has 3 N–H and O–H groups in total. The minimum Gasteiger partial charge on any atom is -0.409 e. The van der Waals surface area contributed by atoms with Gasteiger partial charge >= 0.3 is 0 Å². The predicted octanol–water partition coefficient (Wildman–Crippen LogP) is 1.11. The first-order valence-electron chi connectivity index (χ1n) is 4.00. The summed E-state index contributed by atoms with van der Waals surface area (Å²) in [5.41, 5.74) is 5.22. The van der Waals surface area contributed by atoms with Crippen LogP contribution in [0.4, 0.5) is 0 Å². The highest BCUT2D eigenvalue weighted by Gasteiger charge is 1.91. The minimum atomic E-state index is 0.203. The molecule has 0 saturated carbocycles. The molecule has 4 nitrogen and oxygen atoms in total. The number of hydrogen-bond donors (Lipinski definition) is 2. The standard InChI is InChI=1S/C8H16N2O2/c1-2-3-4-6-12-7-5-8(9)10-11/h3-4,11H,2,5-7H2,1H3,(H2,9,10)/b4-3-. The largest absolute Gasteiger partial charge is 0.409 e. The Hall–Kier alpha value is -1.03. The Kier molecular flexibility index (Phi) is 7.38. The first-order valence-corrected chi connectivity index (χ1v) is 4.00. The zero-order chi connectivity index (χ0) is 9.23. The van der Waals surface area contributed by atoms with Gasteiger partial charge in [0.05, 0.1) is 13.2 Å². The predicted molar refractivity (Wildman–Crippen MR) is 48.3 cm³/mol. The normalized spacial score (nSPS) is 12.6. The molecular weight excluding hydrogens is 156 g/mol. The molecule has 0 saturated heterocycles. The zero-order valence-corrected chi connectivity index (χ0v) is 7.36. The third kappa shape index (κ3) is 7.08. The van der Waals surface area contributed by atoms with Crippen LogP contribution in [0.25, 0.3) is 0 Å². The van der Waals surface area contributed by atoms with Crippen LogP contribution in [0.2, 0.25) is 0 Å². The first kappa shape index (κ1) is 11.0. The van der Waals surface area contributed by atoms with Gasteiger partial charge in [-0.1, -0.05) is 24.2 Å². The quantitative estimate of drug-likeness (QED) is 0.157. The van der Waals surface area contributed by atoms with Gasteiger partial charge in [0, 0.05) is 6.42 Å². The van der Waals surface area contributed by atoms with Crippen LogP contribution in [0.15, 0.2) is 17.3 Å². The molecule has 70 valence electrons. The molecule has 0 atom stereocenters. The van der Waals surface area contributed by atoms with E-state index < -0.39 is 0 Å². The number of hydrogen-bond acceptors (Lipinski definition) is 3. The van der Waals surface area contributed by atoms with Gasteiger partial charge in [-0.05, 0) is 6.42 Å². The highest BCUT2D eigenvalue weighted by atomic mass is 16.5. The Bertz CT molecular complexity index is 155. The Balaban J connectivity index is 3.16. The molecule has 0 fully saturated rings. The summed E-state index contributed by atoms with van der Waals surface area (Å²) in [6.45, 7) is 3.14. The third-order valence-electron chi connectivity index (χ3n) is 1.25. The van der Waals surface area contributed by atoms with Crippen LogP contribution in [-0.2, 0) is 4.74 Å². The number of rotatable bonds is 6. The molecule has 0 aromatic heterocycles. The van der Waals surface area contributed by atoms with E-state index in [-0.39, 0.29) is 5.84 Å². The van der Waals surface area contributed by atoms with E-state index >= 15 is 0 Å². The van der Waals surface area contributed by atoms with Crippen LogP contribution in [-0.4, -0.2) is 24.3 Å². The molecule has 0 rings (SSSR count). The van der Waals surface area contributed by atoms with Crippen LogP contribution >= 0.6 is 0 Å². The van der Waals surface area contributed by atoms with Crippen LogP contribution in [0, 0.1) is 0 Å². The van der Waals surface area contributed by atoms with Crippen LogP contribution in [0.1, 0.15) is 19.8 Å². The highest BCUT2D eigenvalue weighted by Crippen LogP contribution is 1.85. The van der Waals surface area contributed by atoms with Gasteiger partial charge in [0.1, 0.15) is 5.84 Å². The zero-order valence-electron chi connectivity index (χ0n) is 7.36. The monoisotopic (exact) mass is 172 g/mol. The molecule has 0 unspecified atom stereocenters. The second kappa shape index (κ2) is 8.07. The molecule has 0 aromatic rings. The second-order valence-corrected chi connectivity index (χ2v) is 2.30. The smallest absolute Gasteiger partial charge is 0.141 e. The minimum absolute atomic E-state index is 0.203. The van der Waals surface area contributed by atoms with Crippen molar-refractivity contribution in [3.8, 4) is 0 Å². The van der Waals surface area contributed by atoms with Crippen LogP contribution in [0.5, 0.6) is 0 Å². The lowest BCUT2D eigenvalue weighted by Gasteiger charge is -1.98. The fraction of sp³-hybridized carbons (Fsp3) is 0.625. The summed E-state index contributed by atoms with van der Waals surface area (Å²) in [6.07, 6.45) is 5.47. The number of ether oxygens (including phenoxy) is 1. The molecular formula is C8H16N2O2. The van der Waals surface area contributed by atoms with Crippen molar-refractivity contribution in [3.05, 3.63) is 12.2 Å². The van der Waals surface area contributed by atoms with Crippen LogP contribution < -0.4 is 5.73 Å². The molecule has 12 heavy (non-hydrogen) atoms. The van der Waals surface area contributed by atoms with E-state index in [1.54, 1.807) is 0 Å². The highest BCUT2D eigenvalue weighted by molar-refractivity contribution is 5.79. The van der Waals surface area contributed by atoms with E-state index in [0.29, 0.717) is 19.6 Å². The Morgan fingerprint density at radius 3 is 2.92 bits per heavy atom. The van der Waals surface area contributed by atoms with Gasteiger partial charge in [-0.15, -0.1) is 0 Å². The maximum absolute atomic E-state index is 8.17. The average Bonchev–Trinajstić information content (AvgIpc) is 2.10. The van der Waals surface area contributed by atoms with Gasteiger partial charge in [-0.25, -0.2) is 0 Å². The fourth-order valence-corrected chi connectivity index (χ4v) is 0.613. The van der Waals surface area contributed by atoms with E-state index in [2.05, 4.69) is 12.1 Å². The summed E-state index contributed by atoms with van der Waals surface area (Å²) in [7, 11) is 0. The average molecular weight is 172 g/mol. The summed E-state index contributed by atoms with van der Waals surface area (Å²) in [5.74, 6) is 0.203. The first-order chi connectivity index (χ1) is 5.81. The van der Waals surface area contributed by atoms with Crippen molar-refractivity contribution in [1.82, 2.24) is 0 Å². The summed E-state index contributed by atoms with van der Waals surface area (Å²) >= 11 is 0. The fourth-order valence-electron chi connectivity index (χ4n) is 0.613. The van der Waals surface area contributed by atoms with Crippen LogP contribution in [0.3, 0.4) is 0 Å². The van der Waals surface area contributed by atoms with E-state index in [1.165, 1.54) is 0 Å². The summed E-state index contributed by atoms with van der Waals surface area (Å²) in [5, 5.41) is 11.0. The van der Waals surface area contributed by atoms with E-state index in [0.717, 1.165) is 6.42 Å². The molecule has 0 bridgehead atoms. The Labute approximate surface area is 72.7 Å². The van der Waals surface area contributed by atoms with Crippen molar-refractivity contribution >= 4 is 5.84 Å². The third-order valence-corrected chi connectivity index (χ3v) is 1.25. The molecule has 0 heterocycles. The second-order valence-electron chi connectivity index (χ2n) is 2.30. The van der Waals surface area contributed by atoms with E-state index in [9.17, 15) is 0 Å². The van der Waals surface area contributed by atoms with Crippen molar-refractivity contribution < 1.29 is 9.94 Å². The van der Waals surface area contributed by atoms with Gasteiger partial charge in [0.25, 0.3) is 0 Å². The summed E-state index contributed by atoms with van der Waals surface area (Å²) < 4.78 is 5.15. The molecule has 0 radical (unpaired) electrons. The lowest BCUT2D eigenvalue weighted by atomic mass is 10.4.